The van der Waals surface area contributed by atoms with E-state index in [1.165, 1.54) is 12.8 Å². The largest absolute Gasteiger partial charge is 0.460 e. The Bertz CT molecular complexity index is 414. The van der Waals surface area contributed by atoms with E-state index in [1.54, 1.807) is 0 Å². The molecule has 1 heterocycles. The van der Waals surface area contributed by atoms with E-state index in [4.69, 9.17) is 4.74 Å². The third kappa shape index (κ3) is 4.44. The lowest BCUT2D eigenvalue weighted by Crippen LogP contribution is -2.24. The van der Waals surface area contributed by atoms with Crippen LogP contribution in [0.25, 0.3) is 0 Å². The molecule has 0 radical (unpaired) electrons. The first kappa shape index (κ1) is 15.2. The smallest absolute Gasteiger partial charge is 0.316 e. The molecule has 0 atom stereocenters. The predicted octanol–water partition coefficient (Wildman–Crippen LogP) is 3.24. The van der Waals surface area contributed by atoms with E-state index >= 15 is 0 Å². The van der Waals surface area contributed by atoms with Crippen LogP contribution in [0, 0.1) is 12.8 Å². The summed E-state index contributed by atoms with van der Waals surface area (Å²) in [5, 5.41) is 3.38. The fraction of sp³-hybridized carbons (Fsp3) is 0.750. The quantitative estimate of drug-likeness (QED) is 0.811. The average molecular weight is 277 g/mol. The zero-order valence-corrected chi connectivity index (χ0v) is 13.0. The summed E-state index contributed by atoms with van der Waals surface area (Å²) in [5.74, 6) is 0.838. The standard InChI is InChI=1S/C16H27N3O/c1-4-9-17-10-14-11-18-16(19-13(14)3)20-15-7-5-12(2)6-8-15/h11-12,15,17H,4-10H2,1-3H3. The normalized spacial score (nSPS) is 22.8. The van der Waals surface area contributed by atoms with Gasteiger partial charge in [0.2, 0.25) is 0 Å². The maximum absolute atomic E-state index is 5.92. The molecule has 1 saturated carbocycles. The second-order valence-electron chi connectivity index (χ2n) is 5.94. The lowest BCUT2D eigenvalue weighted by atomic mass is 9.89. The van der Waals surface area contributed by atoms with Crippen LogP contribution in [-0.4, -0.2) is 22.6 Å². The number of rotatable bonds is 6. The molecule has 0 spiro atoms. The van der Waals surface area contributed by atoms with E-state index < -0.39 is 0 Å². The van der Waals surface area contributed by atoms with Gasteiger partial charge >= 0.3 is 6.01 Å². The van der Waals surface area contributed by atoms with Crippen molar-refractivity contribution >= 4 is 0 Å². The molecule has 0 saturated heterocycles. The van der Waals surface area contributed by atoms with Gasteiger partial charge in [0.15, 0.2) is 0 Å². The summed E-state index contributed by atoms with van der Waals surface area (Å²) in [5.41, 5.74) is 2.17. The van der Waals surface area contributed by atoms with Gasteiger partial charge in [0.25, 0.3) is 0 Å². The first-order valence-corrected chi connectivity index (χ1v) is 7.89. The molecule has 1 aliphatic rings. The van der Waals surface area contributed by atoms with Gasteiger partial charge in [-0.05, 0) is 51.5 Å². The van der Waals surface area contributed by atoms with Crippen LogP contribution in [0.5, 0.6) is 6.01 Å². The Balaban J connectivity index is 1.88. The van der Waals surface area contributed by atoms with E-state index in [1.807, 2.05) is 13.1 Å². The molecule has 1 aliphatic carbocycles. The van der Waals surface area contributed by atoms with Gasteiger partial charge in [-0.25, -0.2) is 9.97 Å². The Morgan fingerprint density at radius 2 is 2.05 bits per heavy atom. The molecule has 1 fully saturated rings. The van der Waals surface area contributed by atoms with Gasteiger partial charge in [-0.15, -0.1) is 0 Å². The van der Waals surface area contributed by atoms with Crippen LogP contribution in [0.15, 0.2) is 6.20 Å². The van der Waals surface area contributed by atoms with Gasteiger partial charge in [0.05, 0.1) is 0 Å². The lowest BCUT2D eigenvalue weighted by Gasteiger charge is -2.26. The highest BCUT2D eigenvalue weighted by Gasteiger charge is 2.20. The van der Waals surface area contributed by atoms with E-state index in [0.717, 1.165) is 49.5 Å². The van der Waals surface area contributed by atoms with Crippen LogP contribution in [-0.2, 0) is 6.54 Å². The Hall–Kier alpha value is -1.16. The van der Waals surface area contributed by atoms with Gasteiger partial charge in [-0.3, -0.25) is 0 Å². The van der Waals surface area contributed by atoms with Crippen molar-refractivity contribution in [3.8, 4) is 6.01 Å². The molecule has 1 N–H and O–H groups in total. The van der Waals surface area contributed by atoms with Gasteiger partial charge < -0.3 is 10.1 Å². The maximum Gasteiger partial charge on any atom is 0.316 e. The van der Waals surface area contributed by atoms with E-state index in [2.05, 4.69) is 29.1 Å². The Labute approximate surface area is 122 Å². The SMILES string of the molecule is CCCNCc1cnc(OC2CCC(C)CC2)nc1C. The van der Waals surface area contributed by atoms with Crippen LogP contribution >= 0.6 is 0 Å². The van der Waals surface area contributed by atoms with Gasteiger partial charge in [0.1, 0.15) is 6.10 Å². The molecular weight excluding hydrogens is 250 g/mol. The van der Waals surface area contributed by atoms with Gasteiger partial charge in [0, 0.05) is 24.0 Å². The molecule has 2 rings (SSSR count). The fourth-order valence-corrected chi connectivity index (χ4v) is 2.60. The lowest BCUT2D eigenvalue weighted by molar-refractivity contribution is 0.124. The van der Waals surface area contributed by atoms with Crippen molar-refractivity contribution in [1.29, 1.82) is 0 Å². The van der Waals surface area contributed by atoms with Gasteiger partial charge in [-0.2, -0.15) is 0 Å². The summed E-state index contributed by atoms with van der Waals surface area (Å²) in [6, 6.07) is 0.543. The molecular formula is C16H27N3O. The van der Waals surface area contributed by atoms with Crippen molar-refractivity contribution in [2.24, 2.45) is 5.92 Å². The minimum absolute atomic E-state index is 0.301. The van der Waals surface area contributed by atoms with Crippen molar-refractivity contribution in [3.05, 3.63) is 17.5 Å². The third-order valence-corrected chi connectivity index (χ3v) is 4.04. The molecule has 0 bridgehead atoms. The monoisotopic (exact) mass is 277 g/mol. The highest BCUT2D eigenvalue weighted by atomic mass is 16.5. The molecule has 4 nitrogen and oxygen atoms in total. The summed E-state index contributed by atoms with van der Waals surface area (Å²) in [6.07, 6.45) is 8.10. The number of hydrogen-bond acceptors (Lipinski definition) is 4. The second-order valence-corrected chi connectivity index (χ2v) is 5.94. The molecule has 1 aromatic rings. The van der Waals surface area contributed by atoms with Crippen molar-refractivity contribution in [2.75, 3.05) is 6.54 Å². The highest BCUT2D eigenvalue weighted by Crippen LogP contribution is 2.26. The molecule has 4 heteroatoms. The molecule has 0 aliphatic heterocycles. The number of aromatic nitrogens is 2. The van der Waals surface area contributed by atoms with E-state index in [-0.39, 0.29) is 0 Å². The topological polar surface area (TPSA) is 47.0 Å². The first-order chi connectivity index (χ1) is 9.69. The zero-order chi connectivity index (χ0) is 14.4. The van der Waals surface area contributed by atoms with E-state index in [9.17, 15) is 0 Å². The predicted molar refractivity (Wildman–Crippen MR) is 80.8 cm³/mol. The van der Waals surface area contributed by atoms with Crippen molar-refractivity contribution in [2.45, 2.75) is 65.5 Å². The van der Waals surface area contributed by atoms with Gasteiger partial charge in [-0.1, -0.05) is 13.8 Å². The minimum atomic E-state index is 0.301. The van der Waals surface area contributed by atoms with Crippen molar-refractivity contribution in [3.63, 3.8) is 0 Å². The van der Waals surface area contributed by atoms with Crippen LogP contribution in [0.1, 0.15) is 57.2 Å². The van der Waals surface area contributed by atoms with Crippen molar-refractivity contribution in [1.82, 2.24) is 15.3 Å². The zero-order valence-electron chi connectivity index (χ0n) is 13.0. The summed E-state index contributed by atoms with van der Waals surface area (Å²) < 4.78 is 5.92. The second kappa shape index (κ2) is 7.58. The number of nitrogens with one attached hydrogen (secondary N) is 1. The molecule has 0 aromatic carbocycles. The third-order valence-electron chi connectivity index (χ3n) is 4.04. The fourth-order valence-electron chi connectivity index (χ4n) is 2.60. The Kier molecular flexibility index (Phi) is 5.77. The first-order valence-electron chi connectivity index (χ1n) is 7.89. The molecule has 20 heavy (non-hydrogen) atoms. The molecule has 1 aromatic heterocycles. The highest BCUT2D eigenvalue weighted by molar-refractivity contribution is 5.17. The number of hydrogen-bond donors (Lipinski definition) is 1. The number of aryl methyl sites for hydroxylation is 1. The van der Waals surface area contributed by atoms with Crippen molar-refractivity contribution < 1.29 is 4.74 Å². The summed E-state index contributed by atoms with van der Waals surface area (Å²) in [4.78, 5) is 8.85. The van der Waals surface area contributed by atoms with Crippen LogP contribution < -0.4 is 10.1 Å². The average Bonchev–Trinajstić information content (AvgIpc) is 2.44. The Morgan fingerprint density at radius 1 is 1.30 bits per heavy atom. The van der Waals surface area contributed by atoms with Crippen LogP contribution in [0.4, 0.5) is 0 Å². The molecule has 0 unspecified atom stereocenters. The molecule has 112 valence electrons. The molecule has 0 amide bonds. The summed E-state index contributed by atoms with van der Waals surface area (Å²) in [6.45, 7) is 8.37. The number of ether oxygens (including phenoxy) is 1. The Morgan fingerprint density at radius 3 is 2.70 bits per heavy atom. The summed E-state index contributed by atoms with van der Waals surface area (Å²) >= 11 is 0. The maximum atomic E-state index is 5.92. The minimum Gasteiger partial charge on any atom is -0.460 e. The van der Waals surface area contributed by atoms with Crippen LogP contribution in [0.2, 0.25) is 0 Å². The summed E-state index contributed by atoms with van der Waals surface area (Å²) in [7, 11) is 0. The van der Waals surface area contributed by atoms with Crippen LogP contribution in [0.3, 0.4) is 0 Å². The van der Waals surface area contributed by atoms with E-state index in [0.29, 0.717) is 12.1 Å². The number of nitrogens with zero attached hydrogens (tertiary/aromatic N) is 2.